The molecule has 106 valence electrons. The van der Waals surface area contributed by atoms with Crippen LogP contribution in [0.3, 0.4) is 0 Å². The van der Waals surface area contributed by atoms with Crippen LogP contribution in [0.4, 0.5) is 4.79 Å². The molecule has 8 heteroatoms. The van der Waals surface area contributed by atoms with Crippen LogP contribution in [-0.4, -0.2) is 32.0 Å². The third kappa shape index (κ3) is 4.23. The van der Waals surface area contributed by atoms with E-state index in [1.807, 2.05) is 32.3 Å². The Morgan fingerprint density at radius 3 is 2.47 bits per heavy atom. The van der Waals surface area contributed by atoms with Crippen molar-refractivity contribution in [3.8, 4) is 0 Å². The fourth-order valence-corrected chi connectivity index (χ4v) is 2.61. The van der Waals surface area contributed by atoms with Crippen molar-refractivity contribution in [2.24, 2.45) is 11.7 Å². The summed E-state index contributed by atoms with van der Waals surface area (Å²) in [5.41, 5.74) is 4.97. The molecule has 0 bridgehead atoms. The van der Waals surface area contributed by atoms with Crippen LogP contribution in [-0.2, 0) is 4.79 Å². The van der Waals surface area contributed by atoms with E-state index in [0.717, 1.165) is 0 Å². The molecule has 1 aromatic rings. The molecule has 0 aliphatic carbocycles. The Labute approximate surface area is 116 Å². The standard InChI is InChI=1S/C11H19N5O2S/c1-6(2)8(9(17)14-10(12)18)19-11-15-13-5-16(11)7(3)4/h5-8H,1-4H3,(H3,12,14,17,18)/t8-/m1/s1. The molecule has 3 amide bonds. The van der Waals surface area contributed by atoms with Crippen LogP contribution >= 0.6 is 11.8 Å². The number of primary amides is 1. The van der Waals surface area contributed by atoms with Crippen molar-refractivity contribution < 1.29 is 9.59 Å². The minimum atomic E-state index is -0.846. The van der Waals surface area contributed by atoms with Gasteiger partial charge in [-0.05, 0) is 19.8 Å². The van der Waals surface area contributed by atoms with E-state index in [1.54, 1.807) is 6.33 Å². The monoisotopic (exact) mass is 285 g/mol. The number of hydrogen-bond donors (Lipinski definition) is 2. The maximum atomic E-state index is 11.9. The molecule has 0 aliphatic rings. The summed E-state index contributed by atoms with van der Waals surface area (Å²) in [4.78, 5) is 22.7. The van der Waals surface area contributed by atoms with E-state index in [1.165, 1.54) is 11.8 Å². The second kappa shape index (κ2) is 6.55. The van der Waals surface area contributed by atoms with E-state index in [9.17, 15) is 9.59 Å². The summed E-state index contributed by atoms with van der Waals surface area (Å²) in [6.07, 6.45) is 1.62. The molecule has 0 aromatic carbocycles. The van der Waals surface area contributed by atoms with Crippen molar-refractivity contribution in [1.29, 1.82) is 0 Å². The summed E-state index contributed by atoms with van der Waals surface area (Å²) in [7, 11) is 0. The number of imide groups is 1. The van der Waals surface area contributed by atoms with Crippen LogP contribution in [0.25, 0.3) is 0 Å². The average molecular weight is 285 g/mol. The molecule has 1 rings (SSSR count). The minimum Gasteiger partial charge on any atom is -0.351 e. The number of thioether (sulfide) groups is 1. The summed E-state index contributed by atoms with van der Waals surface area (Å²) in [6, 6.07) is -0.647. The Morgan fingerprint density at radius 1 is 1.37 bits per heavy atom. The lowest BCUT2D eigenvalue weighted by molar-refractivity contribution is -0.120. The summed E-state index contributed by atoms with van der Waals surface area (Å²) in [5.74, 6) is -0.382. The fraction of sp³-hybridized carbons (Fsp3) is 0.636. The fourth-order valence-electron chi connectivity index (χ4n) is 1.47. The SMILES string of the molecule is CC(C)[C@@H](Sc1nncn1C(C)C)C(=O)NC(N)=O. The number of aromatic nitrogens is 3. The Balaban J connectivity index is 2.87. The predicted molar refractivity (Wildman–Crippen MR) is 72.6 cm³/mol. The van der Waals surface area contributed by atoms with Crippen molar-refractivity contribution in [3.05, 3.63) is 6.33 Å². The van der Waals surface area contributed by atoms with Crippen LogP contribution < -0.4 is 11.1 Å². The van der Waals surface area contributed by atoms with Gasteiger partial charge >= 0.3 is 6.03 Å². The Hall–Kier alpha value is -1.57. The number of nitrogens with two attached hydrogens (primary N) is 1. The number of urea groups is 1. The second-order valence-corrected chi connectivity index (χ2v) is 5.86. The highest BCUT2D eigenvalue weighted by molar-refractivity contribution is 8.00. The summed E-state index contributed by atoms with van der Waals surface area (Å²) < 4.78 is 1.87. The molecule has 0 saturated heterocycles. The third-order valence-corrected chi connectivity index (χ3v) is 3.95. The molecule has 0 saturated carbocycles. The van der Waals surface area contributed by atoms with Gasteiger partial charge in [0.25, 0.3) is 0 Å². The lowest BCUT2D eigenvalue weighted by Gasteiger charge is -2.19. The summed E-state index contributed by atoms with van der Waals surface area (Å²) in [5, 5.41) is 10.1. The number of carbonyl (C=O) groups is 2. The normalized spacial score (nSPS) is 12.7. The quantitative estimate of drug-likeness (QED) is 0.790. The molecule has 1 aromatic heterocycles. The molecule has 0 spiro atoms. The van der Waals surface area contributed by atoms with Gasteiger partial charge in [-0.1, -0.05) is 25.6 Å². The largest absolute Gasteiger partial charge is 0.351 e. The van der Waals surface area contributed by atoms with Gasteiger partial charge in [-0.3, -0.25) is 10.1 Å². The van der Waals surface area contributed by atoms with Crippen molar-refractivity contribution in [1.82, 2.24) is 20.1 Å². The van der Waals surface area contributed by atoms with E-state index < -0.39 is 17.2 Å². The van der Waals surface area contributed by atoms with E-state index in [2.05, 4.69) is 15.5 Å². The maximum Gasteiger partial charge on any atom is 0.318 e. The maximum absolute atomic E-state index is 11.9. The molecule has 1 atom stereocenters. The third-order valence-electron chi connectivity index (χ3n) is 2.44. The molecule has 3 N–H and O–H groups in total. The van der Waals surface area contributed by atoms with Crippen molar-refractivity contribution in [3.63, 3.8) is 0 Å². The number of carbonyl (C=O) groups excluding carboxylic acids is 2. The van der Waals surface area contributed by atoms with Crippen LogP contribution in [0.15, 0.2) is 11.5 Å². The van der Waals surface area contributed by atoms with Gasteiger partial charge in [-0.2, -0.15) is 0 Å². The number of rotatable bonds is 5. The van der Waals surface area contributed by atoms with Crippen LogP contribution in [0, 0.1) is 5.92 Å². The minimum absolute atomic E-state index is 0.0293. The molecule has 1 heterocycles. The molecule has 0 aliphatic heterocycles. The van der Waals surface area contributed by atoms with Gasteiger partial charge in [-0.25, -0.2) is 4.79 Å². The van der Waals surface area contributed by atoms with Gasteiger partial charge in [0, 0.05) is 6.04 Å². The Kier molecular flexibility index (Phi) is 5.34. The zero-order valence-electron chi connectivity index (χ0n) is 11.5. The van der Waals surface area contributed by atoms with Crippen LogP contribution in [0.1, 0.15) is 33.7 Å². The van der Waals surface area contributed by atoms with E-state index in [4.69, 9.17) is 5.73 Å². The van der Waals surface area contributed by atoms with Crippen molar-refractivity contribution >= 4 is 23.7 Å². The second-order valence-electron chi connectivity index (χ2n) is 4.75. The summed E-state index contributed by atoms with van der Waals surface area (Å²) in [6.45, 7) is 7.80. The molecule has 0 fully saturated rings. The van der Waals surface area contributed by atoms with Crippen LogP contribution in [0.2, 0.25) is 0 Å². The Bertz CT molecular complexity index is 458. The topological polar surface area (TPSA) is 103 Å². The van der Waals surface area contributed by atoms with Gasteiger partial charge in [0.15, 0.2) is 5.16 Å². The Morgan fingerprint density at radius 2 is 2.00 bits per heavy atom. The molecular formula is C11H19N5O2S. The smallest absolute Gasteiger partial charge is 0.318 e. The first kappa shape index (κ1) is 15.5. The van der Waals surface area contributed by atoms with E-state index in [0.29, 0.717) is 5.16 Å². The van der Waals surface area contributed by atoms with Gasteiger partial charge in [0.05, 0.1) is 5.25 Å². The van der Waals surface area contributed by atoms with Gasteiger partial charge in [-0.15, -0.1) is 10.2 Å². The van der Waals surface area contributed by atoms with Gasteiger partial charge < -0.3 is 10.3 Å². The highest BCUT2D eigenvalue weighted by atomic mass is 32.2. The van der Waals surface area contributed by atoms with Crippen molar-refractivity contribution in [2.75, 3.05) is 0 Å². The highest BCUT2D eigenvalue weighted by Gasteiger charge is 2.26. The summed E-state index contributed by atoms with van der Waals surface area (Å²) >= 11 is 1.28. The average Bonchev–Trinajstić information content (AvgIpc) is 2.72. The number of nitrogens with zero attached hydrogens (tertiary/aromatic N) is 3. The van der Waals surface area contributed by atoms with Gasteiger partial charge in [0.2, 0.25) is 5.91 Å². The first-order valence-electron chi connectivity index (χ1n) is 5.99. The first-order valence-corrected chi connectivity index (χ1v) is 6.87. The molecule has 0 radical (unpaired) electrons. The van der Waals surface area contributed by atoms with E-state index in [-0.39, 0.29) is 12.0 Å². The first-order chi connectivity index (χ1) is 8.82. The lowest BCUT2D eigenvalue weighted by atomic mass is 10.1. The van der Waals surface area contributed by atoms with E-state index >= 15 is 0 Å². The zero-order valence-corrected chi connectivity index (χ0v) is 12.3. The molecule has 19 heavy (non-hydrogen) atoms. The molecule has 0 unspecified atom stereocenters. The molecular weight excluding hydrogens is 266 g/mol. The van der Waals surface area contributed by atoms with Gasteiger partial charge in [0.1, 0.15) is 6.33 Å². The van der Waals surface area contributed by atoms with Crippen LogP contribution in [0.5, 0.6) is 0 Å². The number of amides is 3. The highest BCUT2D eigenvalue weighted by Crippen LogP contribution is 2.28. The zero-order chi connectivity index (χ0) is 14.6. The predicted octanol–water partition coefficient (Wildman–Crippen LogP) is 1.17. The number of hydrogen-bond acceptors (Lipinski definition) is 5. The molecule has 7 nitrogen and oxygen atoms in total. The number of nitrogens with one attached hydrogen (secondary N) is 1. The lowest BCUT2D eigenvalue weighted by Crippen LogP contribution is -2.42. The van der Waals surface area contributed by atoms with Crippen molar-refractivity contribution in [2.45, 2.75) is 44.1 Å².